The number of benzene rings is 2. The highest BCUT2D eigenvalue weighted by molar-refractivity contribution is 7.17. The SMILES string of the molecule is CN1CCCN(C(=O)c2sc(-c3ccccc3)nc2-c2ccccc2)CC1. The predicted octanol–water partition coefficient (Wildman–Crippen LogP) is 4.25. The summed E-state index contributed by atoms with van der Waals surface area (Å²) in [5.41, 5.74) is 2.84. The highest BCUT2D eigenvalue weighted by Crippen LogP contribution is 2.34. The van der Waals surface area contributed by atoms with Gasteiger partial charge < -0.3 is 9.80 Å². The number of carbonyl (C=O) groups excluding carboxylic acids is 1. The molecule has 1 aliphatic rings. The van der Waals surface area contributed by atoms with Gasteiger partial charge in [-0.1, -0.05) is 60.7 Å². The molecule has 0 saturated carbocycles. The Hall–Kier alpha value is -2.50. The van der Waals surface area contributed by atoms with Crippen molar-refractivity contribution in [1.29, 1.82) is 0 Å². The first-order valence-corrected chi connectivity index (χ1v) is 10.1. The fourth-order valence-corrected chi connectivity index (χ4v) is 4.41. The van der Waals surface area contributed by atoms with Gasteiger partial charge in [0.1, 0.15) is 9.88 Å². The second kappa shape index (κ2) is 8.03. The van der Waals surface area contributed by atoms with Gasteiger partial charge in [0.15, 0.2) is 0 Å². The van der Waals surface area contributed by atoms with E-state index in [1.54, 1.807) is 0 Å². The van der Waals surface area contributed by atoms with Crippen LogP contribution in [0.25, 0.3) is 21.8 Å². The molecule has 3 aromatic rings. The Morgan fingerprint density at radius 1 is 0.889 bits per heavy atom. The van der Waals surface area contributed by atoms with Crippen LogP contribution in [0.2, 0.25) is 0 Å². The van der Waals surface area contributed by atoms with Crippen LogP contribution in [0.1, 0.15) is 16.1 Å². The van der Waals surface area contributed by atoms with Gasteiger partial charge in [-0.2, -0.15) is 0 Å². The molecule has 5 heteroatoms. The lowest BCUT2D eigenvalue weighted by Gasteiger charge is -2.20. The average Bonchev–Trinajstić information content (AvgIpc) is 3.05. The van der Waals surface area contributed by atoms with Gasteiger partial charge in [0.05, 0.1) is 5.69 Å². The maximum absolute atomic E-state index is 13.4. The summed E-state index contributed by atoms with van der Waals surface area (Å²) < 4.78 is 0. The molecule has 2 heterocycles. The normalized spacial score (nSPS) is 15.5. The van der Waals surface area contributed by atoms with Gasteiger partial charge in [-0.05, 0) is 20.0 Å². The van der Waals surface area contributed by atoms with Crippen molar-refractivity contribution in [2.24, 2.45) is 0 Å². The van der Waals surface area contributed by atoms with Gasteiger partial charge in [0.25, 0.3) is 5.91 Å². The van der Waals surface area contributed by atoms with Crippen molar-refractivity contribution in [3.05, 3.63) is 65.5 Å². The molecule has 4 nitrogen and oxygen atoms in total. The zero-order valence-electron chi connectivity index (χ0n) is 15.5. The average molecular weight is 378 g/mol. The molecule has 27 heavy (non-hydrogen) atoms. The minimum atomic E-state index is 0.101. The molecule has 0 radical (unpaired) electrons. The van der Waals surface area contributed by atoms with E-state index >= 15 is 0 Å². The number of nitrogens with zero attached hydrogens (tertiary/aromatic N) is 3. The Labute approximate surface area is 164 Å². The minimum absolute atomic E-state index is 0.101. The van der Waals surface area contributed by atoms with Crippen molar-refractivity contribution in [2.45, 2.75) is 6.42 Å². The molecule has 0 aliphatic carbocycles. The monoisotopic (exact) mass is 377 g/mol. The molecule has 1 saturated heterocycles. The van der Waals surface area contributed by atoms with Crippen molar-refractivity contribution in [3.63, 3.8) is 0 Å². The topological polar surface area (TPSA) is 36.4 Å². The van der Waals surface area contributed by atoms with Crippen molar-refractivity contribution in [1.82, 2.24) is 14.8 Å². The number of carbonyl (C=O) groups is 1. The molecule has 0 bridgehead atoms. The van der Waals surface area contributed by atoms with E-state index in [9.17, 15) is 4.79 Å². The molecule has 1 aliphatic heterocycles. The number of thiazole rings is 1. The molecule has 0 unspecified atom stereocenters. The Morgan fingerprint density at radius 3 is 2.26 bits per heavy atom. The summed E-state index contributed by atoms with van der Waals surface area (Å²) in [6.45, 7) is 3.52. The highest BCUT2D eigenvalue weighted by atomic mass is 32.1. The molecular formula is C22H23N3OS. The van der Waals surface area contributed by atoms with Crippen molar-refractivity contribution >= 4 is 17.2 Å². The molecule has 0 spiro atoms. The number of aromatic nitrogens is 1. The van der Waals surface area contributed by atoms with E-state index in [1.165, 1.54) is 11.3 Å². The Morgan fingerprint density at radius 2 is 1.56 bits per heavy atom. The molecular weight excluding hydrogens is 354 g/mol. The van der Waals surface area contributed by atoms with Gasteiger partial charge in [-0.25, -0.2) is 4.98 Å². The third-order valence-corrected chi connectivity index (χ3v) is 5.99. The van der Waals surface area contributed by atoms with E-state index in [4.69, 9.17) is 4.98 Å². The van der Waals surface area contributed by atoms with Crippen LogP contribution in [0, 0.1) is 0 Å². The Bertz CT molecular complexity index is 908. The second-order valence-electron chi connectivity index (χ2n) is 6.88. The first-order valence-electron chi connectivity index (χ1n) is 9.32. The van der Waals surface area contributed by atoms with Gasteiger partial charge in [0, 0.05) is 30.8 Å². The van der Waals surface area contributed by atoms with E-state index in [0.29, 0.717) is 0 Å². The van der Waals surface area contributed by atoms with Crippen LogP contribution >= 0.6 is 11.3 Å². The quantitative estimate of drug-likeness (QED) is 0.684. The van der Waals surface area contributed by atoms with Gasteiger partial charge >= 0.3 is 0 Å². The number of likely N-dealkylation sites (N-methyl/N-ethyl adjacent to an activating group) is 1. The molecule has 2 aromatic carbocycles. The third kappa shape index (κ3) is 3.94. The second-order valence-corrected chi connectivity index (χ2v) is 7.88. The maximum Gasteiger partial charge on any atom is 0.266 e. The van der Waals surface area contributed by atoms with Crippen molar-refractivity contribution in [3.8, 4) is 21.8 Å². The minimum Gasteiger partial charge on any atom is -0.337 e. The summed E-state index contributed by atoms with van der Waals surface area (Å²) in [7, 11) is 2.11. The molecule has 1 aromatic heterocycles. The predicted molar refractivity (Wildman–Crippen MR) is 111 cm³/mol. The van der Waals surface area contributed by atoms with E-state index in [0.717, 1.165) is 59.3 Å². The van der Waals surface area contributed by atoms with Gasteiger partial charge in [0.2, 0.25) is 0 Å². The van der Waals surface area contributed by atoms with Crippen molar-refractivity contribution in [2.75, 3.05) is 33.2 Å². The molecule has 0 N–H and O–H groups in total. The van der Waals surface area contributed by atoms with Crippen LogP contribution in [0.4, 0.5) is 0 Å². The highest BCUT2D eigenvalue weighted by Gasteiger charge is 2.25. The van der Waals surface area contributed by atoms with E-state index in [2.05, 4.69) is 11.9 Å². The largest absolute Gasteiger partial charge is 0.337 e. The standard InChI is InChI=1S/C22H23N3OS/c1-24-13-8-14-25(16-15-24)22(26)20-19(17-9-4-2-5-10-17)23-21(27-20)18-11-6-3-7-12-18/h2-7,9-12H,8,13-16H2,1H3. The molecule has 0 atom stereocenters. The lowest BCUT2D eigenvalue weighted by atomic mass is 10.1. The first kappa shape index (κ1) is 17.9. The summed E-state index contributed by atoms with van der Waals surface area (Å²) >= 11 is 1.50. The van der Waals surface area contributed by atoms with E-state index < -0.39 is 0 Å². The summed E-state index contributed by atoms with van der Waals surface area (Å²) in [5, 5.41) is 0.893. The molecule has 1 fully saturated rings. The zero-order chi connectivity index (χ0) is 18.6. The maximum atomic E-state index is 13.4. The summed E-state index contributed by atoms with van der Waals surface area (Å²) in [4.78, 5) is 23.3. The van der Waals surface area contributed by atoms with Gasteiger partial charge in [-0.3, -0.25) is 4.79 Å². The zero-order valence-corrected chi connectivity index (χ0v) is 16.3. The van der Waals surface area contributed by atoms with E-state index in [1.807, 2.05) is 65.6 Å². The lowest BCUT2D eigenvalue weighted by molar-refractivity contribution is 0.0768. The van der Waals surface area contributed by atoms with Crippen LogP contribution in [-0.4, -0.2) is 53.9 Å². The summed E-state index contributed by atoms with van der Waals surface area (Å²) in [5.74, 6) is 0.101. The van der Waals surface area contributed by atoms with Gasteiger partial charge in [-0.15, -0.1) is 11.3 Å². The number of rotatable bonds is 3. The number of amides is 1. The van der Waals surface area contributed by atoms with Crippen LogP contribution in [0.15, 0.2) is 60.7 Å². The van der Waals surface area contributed by atoms with Crippen molar-refractivity contribution < 1.29 is 4.79 Å². The smallest absolute Gasteiger partial charge is 0.266 e. The van der Waals surface area contributed by atoms with Crippen LogP contribution in [0.5, 0.6) is 0 Å². The summed E-state index contributed by atoms with van der Waals surface area (Å²) in [6, 6.07) is 20.1. The fraction of sp³-hybridized carbons (Fsp3) is 0.273. The number of hydrogen-bond acceptors (Lipinski definition) is 4. The fourth-order valence-electron chi connectivity index (χ4n) is 3.35. The molecule has 4 rings (SSSR count). The van der Waals surface area contributed by atoms with E-state index in [-0.39, 0.29) is 5.91 Å². The first-order chi connectivity index (χ1) is 13.2. The number of hydrogen-bond donors (Lipinski definition) is 0. The Kier molecular flexibility index (Phi) is 5.32. The van der Waals surface area contributed by atoms with Crippen LogP contribution < -0.4 is 0 Å². The third-order valence-electron chi connectivity index (χ3n) is 4.90. The molecule has 138 valence electrons. The lowest BCUT2D eigenvalue weighted by Crippen LogP contribution is -2.34. The summed E-state index contributed by atoms with van der Waals surface area (Å²) in [6.07, 6.45) is 1.01. The molecule has 1 amide bonds. The Balaban J connectivity index is 1.74. The van der Waals surface area contributed by atoms with Crippen LogP contribution in [-0.2, 0) is 0 Å². The van der Waals surface area contributed by atoms with Crippen LogP contribution in [0.3, 0.4) is 0 Å².